The lowest BCUT2D eigenvalue weighted by atomic mass is 9.73. The molecule has 0 bridgehead atoms. The van der Waals surface area contributed by atoms with Crippen molar-refractivity contribution in [2.75, 3.05) is 13.2 Å². The second-order valence-corrected chi connectivity index (χ2v) is 6.41. The van der Waals surface area contributed by atoms with E-state index in [2.05, 4.69) is 4.74 Å². The van der Waals surface area contributed by atoms with Crippen molar-refractivity contribution in [3.8, 4) is 0 Å². The molecular formula is C15H25F3O4. The van der Waals surface area contributed by atoms with Gasteiger partial charge in [0.1, 0.15) is 0 Å². The topological polar surface area (TPSA) is 52.6 Å². The molecule has 4 nitrogen and oxygen atoms in total. The number of alkyl halides is 3. The third-order valence-electron chi connectivity index (χ3n) is 3.58. The summed E-state index contributed by atoms with van der Waals surface area (Å²) in [6, 6.07) is 0. The van der Waals surface area contributed by atoms with Gasteiger partial charge in [0.05, 0.1) is 5.92 Å². The Balaban J connectivity index is 4.55. The number of hydrogen-bond donors (Lipinski definition) is 0. The number of rotatable bonds is 8. The van der Waals surface area contributed by atoms with E-state index in [4.69, 9.17) is 4.74 Å². The molecule has 130 valence electrons. The third-order valence-corrected chi connectivity index (χ3v) is 3.58. The SMILES string of the molecule is CCC(C)(C)C(CC(C)C)C(=O)OCC(=O)OCC(F)(F)F. The first-order valence-corrected chi connectivity index (χ1v) is 7.28. The zero-order chi connectivity index (χ0) is 17.6. The van der Waals surface area contributed by atoms with Crippen molar-refractivity contribution in [1.82, 2.24) is 0 Å². The molecule has 0 saturated carbocycles. The van der Waals surface area contributed by atoms with E-state index in [0.29, 0.717) is 6.42 Å². The fourth-order valence-electron chi connectivity index (χ4n) is 1.89. The average Bonchev–Trinajstić information content (AvgIpc) is 2.38. The maximum atomic E-state index is 12.1. The van der Waals surface area contributed by atoms with Crippen LogP contribution in [0, 0.1) is 17.3 Å². The van der Waals surface area contributed by atoms with Crippen LogP contribution >= 0.6 is 0 Å². The summed E-state index contributed by atoms with van der Waals surface area (Å²) in [5.74, 6) is -1.96. The van der Waals surface area contributed by atoms with Gasteiger partial charge < -0.3 is 9.47 Å². The van der Waals surface area contributed by atoms with Crippen molar-refractivity contribution in [1.29, 1.82) is 0 Å². The van der Waals surface area contributed by atoms with E-state index in [1.807, 2.05) is 34.6 Å². The molecule has 0 aromatic heterocycles. The summed E-state index contributed by atoms with van der Waals surface area (Å²) in [4.78, 5) is 23.3. The van der Waals surface area contributed by atoms with Gasteiger partial charge in [0.15, 0.2) is 13.2 Å². The Bertz CT molecular complexity index is 375. The number of carbonyl (C=O) groups excluding carboxylic acids is 2. The lowest BCUT2D eigenvalue weighted by Crippen LogP contribution is -2.34. The standard InChI is InChI=1S/C15H25F3O4/c1-6-14(4,5)11(7-10(2)3)13(20)21-8-12(19)22-9-15(16,17)18/h10-11H,6-9H2,1-5H3. The molecule has 1 atom stereocenters. The lowest BCUT2D eigenvalue weighted by molar-refractivity contribution is -0.190. The molecule has 0 aliphatic heterocycles. The molecule has 7 heteroatoms. The van der Waals surface area contributed by atoms with Crippen molar-refractivity contribution in [3.05, 3.63) is 0 Å². The van der Waals surface area contributed by atoms with Gasteiger partial charge in [0, 0.05) is 0 Å². The maximum Gasteiger partial charge on any atom is 0.422 e. The minimum absolute atomic E-state index is 0.251. The molecule has 0 aromatic carbocycles. The second kappa shape index (κ2) is 8.39. The van der Waals surface area contributed by atoms with Crippen molar-refractivity contribution >= 4 is 11.9 Å². The van der Waals surface area contributed by atoms with Gasteiger partial charge in [-0.3, -0.25) is 4.79 Å². The first-order valence-electron chi connectivity index (χ1n) is 7.28. The van der Waals surface area contributed by atoms with Gasteiger partial charge in [-0.05, 0) is 17.8 Å². The Morgan fingerprint density at radius 2 is 1.64 bits per heavy atom. The van der Waals surface area contributed by atoms with E-state index in [9.17, 15) is 22.8 Å². The van der Waals surface area contributed by atoms with Gasteiger partial charge >= 0.3 is 18.1 Å². The first kappa shape index (κ1) is 20.7. The van der Waals surface area contributed by atoms with Gasteiger partial charge in [0.2, 0.25) is 0 Å². The quantitative estimate of drug-likeness (QED) is 0.638. The Labute approximate surface area is 129 Å². The van der Waals surface area contributed by atoms with Crippen LogP contribution in [-0.4, -0.2) is 31.3 Å². The molecule has 0 aliphatic rings. The number of ether oxygens (including phenoxy) is 2. The number of carbonyl (C=O) groups is 2. The monoisotopic (exact) mass is 326 g/mol. The van der Waals surface area contributed by atoms with Crippen molar-refractivity contribution in [3.63, 3.8) is 0 Å². The molecule has 0 rings (SSSR count). The van der Waals surface area contributed by atoms with Crippen LogP contribution in [0.5, 0.6) is 0 Å². The second-order valence-electron chi connectivity index (χ2n) is 6.41. The highest BCUT2D eigenvalue weighted by molar-refractivity contribution is 5.78. The Morgan fingerprint density at radius 1 is 1.09 bits per heavy atom. The Hall–Kier alpha value is -1.27. The minimum Gasteiger partial charge on any atom is -0.454 e. The van der Waals surface area contributed by atoms with E-state index in [1.54, 1.807) is 0 Å². The van der Waals surface area contributed by atoms with E-state index < -0.39 is 37.2 Å². The van der Waals surface area contributed by atoms with Crippen LogP contribution in [0.2, 0.25) is 0 Å². The fourth-order valence-corrected chi connectivity index (χ4v) is 1.89. The highest BCUT2D eigenvalue weighted by Gasteiger charge is 2.36. The molecule has 1 unspecified atom stereocenters. The summed E-state index contributed by atoms with van der Waals surface area (Å²) in [6.07, 6.45) is -3.28. The summed E-state index contributed by atoms with van der Waals surface area (Å²) in [5, 5.41) is 0. The highest BCUT2D eigenvalue weighted by Crippen LogP contribution is 2.35. The van der Waals surface area contributed by atoms with Crippen LogP contribution in [0.4, 0.5) is 13.2 Å². The van der Waals surface area contributed by atoms with Crippen LogP contribution in [0.15, 0.2) is 0 Å². The summed E-state index contributed by atoms with van der Waals surface area (Å²) in [6.45, 7) is 7.22. The van der Waals surface area contributed by atoms with E-state index >= 15 is 0 Å². The number of halogens is 3. The van der Waals surface area contributed by atoms with Gasteiger partial charge in [0.25, 0.3) is 0 Å². The predicted molar refractivity (Wildman–Crippen MR) is 75.0 cm³/mol. The molecular weight excluding hydrogens is 301 g/mol. The van der Waals surface area contributed by atoms with E-state index in [-0.39, 0.29) is 11.3 Å². The van der Waals surface area contributed by atoms with E-state index in [1.165, 1.54) is 0 Å². The van der Waals surface area contributed by atoms with Gasteiger partial charge in [-0.1, -0.05) is 41.0 Å². The zero-order valence-electron chi connectivity index (χ0n) is 13.8. The molecule has 0 N–H and O–H groups in total. The summed E-state index contributed by atoms with van der Waals surface area (Å²) < 4.78 is 44.5. The number of hydrogen-bond acceptors (Lipinski definition) is 4. The van der Waals surface area contributed by atoms with Gasteiger partial charge in [-0.15, -0.1) is 0 Å². The predicted octanol–water partition coefficient (Wildman–Crippen LogP) is 3.73. The fraction of sp³-hybridized carbons (Fsp3) is 0.867. The molecule has 0 fully saturated rings. The van der Waals surface area contributed by atoms with Crippen LogP contribution in [0.1, 0.15) is 47.5 Å². The largest absolute Gasteiger partial charge is 0.454 e. The van der Waals surface area contributed by atoms with Crippen LogP contribution in [0.25, 0.3) is 0 Å². The first-order chi connectivity index (χ1) is 9.89. The molecule has 0 spiro atoms. The van der Waals surface area contributed by atoms with Crippen LogP contribution in [0.3, 0.4) is 0 Å². The van der Waals surface area contributed by atoms with Crippen molar-refractivity contribution in [2.24, 2.45) is 17.3 Å². The lowest BCUT2D eigenvalue weighted by Gasteiger charge is -2.32. The Morgan fingerprint density at radius 3 is 2.05 bits per heavy atom. The van der Waals surface area contributed by atoms with Crippen LogP contribution in [-0.2, 0) is 19.1 Å². The molecule has 0 aliphatic carbocycles. The summed E-state index contributed by atoms with van der Waals surface area (Å²) in [5.41, 5.74) is -0.322. The average molecular weight is 326 g/mol. The maximum absolute atomic E-state index is 12.1. The normalized spacial score (nSPS) is 13.9. The summed E-state index contributed by atoms with van der Waals surface area (Å²) in [7, 11) is 0. The highest BCUT2D eigenvalue weighted by atomic mass is 19.4. The summed E-state index contributed by atoms with van der Waals surface area (Å²) >= 11 is 0. The molecule has 0 saturated heterocycles. The smallest absolute Gasteiger partial charge is 0.422 e. The third kappa shape index (κ3) is 8.24. The van der Waals surface area contributed by atoms with Crippen molar-refractivity contribution in [2.45, 2.75) is 53.6 Å². The van der Waals surface area contributed by atoms with Gasteiger partial charge in [-0.2, -0.15) is 13.2 Å². The molecule has 0 radical (unpaired) electrons. The molecule has 0 heterocycles. The zero-order valence-corrected chi connectivity index (χ0v) is 13.8. The number of esters is 2. The van der Waals surface area contributed by atoms with Crippen molar-refractivity contribution < 1.29 is 32.2 Å². The van der Waals surface area contributed by atoms with E-state index in [0.717, 1.165) is 6.42 Å². The van der Waals surface area contributed by atoms with Crippen LogP contribution < -0.4 is 0 Å². The minimum atomic E-state index is -4.59. The molecule has 22 heavy (non-hydrogen) atoms. The molecule has 0 aromatic rings. The Kier molecular flexibility index (Phi) is 7.90. The molecule has 0 amide bonds. The van der Waals surface area contributed by atoms with Gasteiger partial charge in [-0.25, -0.2) is 4.79 Å².